The highest BCUT2D eigenvalue weighted by Crippen LogP contribution is 2.51. The summed E-state index contributed by atoms with van der Waals surface area (Å²) >= 11 is 3.03. The van der Waals surface area contributed by atoms with Gasteiger partial charge in [0, 0.05) is 24.6 Å². The van der Waals surface area contributed by atoms with E-state index in [4.69, 9.17) is 14.5 Å². The van der Waals surface area contributed by atoms with Gasteiger partial charge in [0.2, 0.25) is 0 Å². The van der Waals surface area contributed by atoms with Gasteiger partial charge in [0.15, 0.2) is 5.17 Å². The van der Waals surface area contributed by atoms with E-state index in [1.807, 2.05) is 63.4 Å². The molecule has 4 rings (SSSR count). The van der Waals surface area contributed by atoms with Gasteiger partial charge in [-0.1, -0.05) is 11.8 Å². The molecule has 2 aliphatic heterocycles. The molecule has 1 amide bonds. The Morgan fingerprint density at radius 1 is 1.03 bits per heavy atom. The van der Waals surface area contributed by atoms with E-state index in [2.05, 4.69) is 4.90 Å². The van der Waals surface area contributed by atoms with Gasteiger partial charge >= 0.3 is 0 Å². The van der Waals surface area contributed by atoms with E-state index in [0.29, 0.717) is 23.2 Å². The molecule has 0 N–H and O–H groups in total. The maximum atomic E-state index is 13.2. The van der Waals surface area contributed by atoms with Crippen molar-refractivity contribution in [3.05, 3.63) is 52.4 Å². The van der Waals surface area contributed by atoms with Gasteiger partial charge < -0.3 is 14.4 Å². The normalized spacial score (nSPS) is 19.6. The fraction of sp³-hybridized carbons (Fsp3) is 0.273. The van der Waals surface area contributed by atoms with Crippen molar-refractivity contribution in [1.82, 2.24) is 4.90 Å². The number of aliphatic imine (C=N–C) groups is 1. The lowest BCUT2D eigenvalue weighted by molar-refractivity contribution is -0.122. The number of amides is 1. The first-order chi connectivity index (χ1) is 14.5. The quantitative estimate of drug-likeness (QED) is 0.603. The van der Waals surface area contributed by atoms with E-state index in [9.17, 15) is 4.79 Å². The van der Waals surface area contributed by atoms with E-state index < -0.39 is 0 Å². The number of anilines is 1. The van der Waals surface area contributed by atoms with Crippen LogP contribution >= 0.6 is 23.5 Å². The largest absolute Gasteiger partial charge is 0.497 e. The number of methoxy groups -OCH3 is 1. The first kappa shape index (κ1) is 20.7. The van der Waals surface area contributed by atoms with Gasteiger partial charge in [0.05, 0.1) is 30.1 Å². The Hall–Kier alpha value is -2.58. The van der Waals surface area contributed by atoms with Crippen molar-refractivity contribution in [2.45, 2.75) is 18.7 Å². The molecule has 2 heterocycles. The Labute approximate surface area is 184 Å². The predicted octanol–water partition coefficient (Wildman–Crippen LogP) is 5.09. The summed E-state index contributed by atoms with van der Waals surface area (Å²) in [7, 11) is 3.63. The van der Waals surface area contributed by atoms with Crippen molar-refractivity contribution in [2.75, 3.05) is 32.2 Å². The van der Waals surface area contributed by atoms with E-state index in [1.54, 1.807) is 23.8 Å². The third kappa shape index (κ3) is 3.77. The Morgan fingerprint density at radius 2 is 1.77 bits per heavy atom. The van der Waals surface area contributed by atoms with Crippen molar-refractivity contribution in [1.29, 1.82) is 0 Å². The summed E-state index contributed by atoms with van der Waals surface area (Å²) in [5, 5.41) is 1.61. The number of carbonyl (C=O) groups excluding carboxylic acids is 1. The van der Waals surface area contributed by atoms with Gasteiger partial charge in [-0.15, -0.1) is 0 Å². The van der Waals surface area contributed by atoms with E-state index in [0.717, 1.165) is 32.8 Å². The van der Waals surface area contributed by atoms with Crippen LogP contribution in [0.5, 0.6) is 11.5 Å². The third-order valence-corrected chi connectivity index (χ3v) is 7.22. The number of rotatable bonds is 5. The summed E-state index contributed by atoms with van der Waals surface area (Å²) in [6.45, 7) is 5.10. The molecule has 2 aliphatic rings. The van der Waals surface area contributed by atoms with Gasteiger partial charge in [-0.2, -0.15) is 0 Å². The van der Waals surface area contributed by atoms with Crippen LogP contribution in [0.1, 0.15) is 13.8 Å². The zero-order chi connectivity index (χ0) is 21.3. The molecular formula is C22H23N3O3S2. The SMILES string of the molecule is CCOc1ccc(N=C2S/C(=C3\Sc4ccc(OC)cc4N3C)C(=O)N2CC)cc1. The highest BCUT2D eigenvalue weighted by atomic mass is 32.2. The molecule has 156 valence electrons. The number of thioether (sulfide) groups is 2. The molecule has 0 unspecified atom stereocenters. The number of likely N-dealkylation sites (N-methyl/N-ethyl adjacent to an activating group) is 1. The summed E-state index contributed by atoms with van der Waals surface area (Å²) < 4.78 is 10.8. The Balaban J connectivity index is 1.65. The molecule has 0 saturated carbocycles. The van der Waals surface area contributed by atoms with Crippen molar-refractivity contribution in [2.24, 2.45) is 4.99 Å². The zero-order valence-electron chi connectivity index (χ0n) is 17.3. The fourth-order valence-electron chi connectivity index (χ4n) is 3.24. The molecule has 0 aliphatic carbocycles. The van der Waals surface area contributed by atoms with Gasteiger partial charge in [0.25, 0.3) is 5.91 Å². The van der Waals surface area contributed by atoms with Crippen molar-refractivity contribution >= 4 is 46.0 Å². The van der Waals surface area contributed by atoms with Crippen LogP contribution in [-0.4, -0.2) is 43.3 Å². The van der Waals surface area contributed by atoms with Crippen LogP contribution in [0.4, 0.5) is 11.4 Å². The summed E-state index contributed by atoms with van der Waals surface area (Å²) in [6, 6.07) is 13.6. The molecule has 30 heavy (non-hydrogen) atoms. The fourth-order valence-corrected chi connectivity index (χ4v) is 5.63. The van der Waals surface area contributed by atoms with Crippen LogP contribution in [0, 0.1) is 0 Å². The van der Waals surface area contributed by atoms with Gasteiger partial charge in [-0.05, 0) is 62.0 Å². The molecule has 0 aromatic heterocycles. The smallest absolute Gasteiger partial charge is 0.269 e. The standard InChI is InChI=1S/C22H23N3O3S2/c1-5-25-20(26)19(21-24(3)17-13-16(27-4)11-12-18(17)29-21)30-22(25)23-14-7-9-15(10-8-14)28-6-2/h7-13H,5-6H2,1-4H3/b21-19-,23-22?. The lowest BCUT2D eigenvalue weighted by Gasteiger charge is -2.15. The predicted molar refractivity (Wildman–Crippen MR) is 124 cm³/mol. The first-order valence-corrected chi connectivity index (χ1v) is 11.3. The van der Waals surface area contributed by atoms with Gasteiger partial charge in [-0.3, -0.25) is 9.69 Å². The molecule has 1 saturated heterocycles. The molecule has 6 nitrogen and oxygen atoms in total. The van der Waals surface area contributed by atoms with E-state index >= 15 is 0 Å². The topological polar surface area (TPSA) is 54.4 Å². The average Bonchev–Trinajstić information content (AvgIpc) is 3.25. The summed E-state index contributed by atoms with van der Waals surface area (Å²) in [5.41, 5.74) is 1.83. The third-order valence-electron chi connectivity index (χ3n) is 4.79. The van der Waals surface area contributed by atoms with Crippen LogP contribution in [0.15, 0.2) is 62.3 Å². The number of benzene rings is 2. The van der Waals surface area contributed by atoms with Gasteiger partial charge in [0.1, 0.15) is 16.4 Å². The van der Waals surface area contributed by atoms with Crippen LogP contribution in [0.25, 0.3) is 0 Å². The second-order valence-corrected chi connectivity index (χ2v) is 8.61. The van der Waals surface area contributed by atoms with Crippen LogP contribution in [0.2, 0.25) is 0 Å². The highest BCUT2D eigenvalue weighted by Gasteiger charge is 2.38. The molecule has 2 aromatic rings. The lowest BCUT2D eigenvalue weighted by atomic mass is 10.3. The maximum Gasteiger partial charge on any atom is 0.269 e. The van der Waals surface area contributed by atoms with E-state index in [-0.39, 0.29) is 5.91 Å². The molecule has 1 fully saturated rings. The van der Waals surface area contributed by atoms with Crippen LogP contribution < -0.4 is 14.4 Å². The number of hydrogen-bond acceptors (Lipinski definition) is 7. The minimum absolute atomic E-state index is 0.0127. The Bertz CT molecular complexity index is 1030. The Morgan fingerprint density at radius 3 is 2.43 bits per heavy atom. The summed E-state index contributed by atoms with van der Waals surface area (Å²) in [6.07, 6.45) is 0. The van der Waals surface area contributed by atoms with Crippen molar-refractivity contribution in [3.8, 4) is 11.5 Å². The number of nitrogens with zero attached hydrogens (tertiary/aromatic N) is 3. The number of fused-ring (bicyclic) bond motifs is 1. The molecule has 0 bridgehead atoms. The molecule has 2 aromatic carbocycles. The second kappa shape index (κ2) is 8.65. The zero-order valence-corrected chi connectivity index (χ0v) is 19.0. The second-order valence-electron chi connectivity index (χ2n) is 6.60. The van der Waals surface area contributed by atoms with Gasteiger partial charge in [-0.25, -0.2) is 4.99 Å². The monoisotopic (exact) mass is 441 g/mol. The maximum absolute atomic E-state index is 13.2. The van der Waals surface area contributed by atoms with Crippen molar-refractivity contribution < 1.29 is 14.3 Å². The number of ether oxygens (including phenoxy) is 2. The minimum Gasteiger partial charge on any atom is -0.497 e. The molecule has 0 atom stereocenters. The number of carbonyl (C=O) groups is 1. The first-order valence-electron chi connectivity index (χ1n) is 9.70. The summed E-state index contributed by atoms with van der Waals surface area (Å²) in [5.74, 6) is 1.59. The number of hydrogen-bond donors (Lipinski definition) is 0. The Kier molecular flexibility index (Phi) is 5.97. The lowest BCUT2D eigenvalue weighted by Crippen LogP contribution is -2.29. The number of amidine groups is 1. The molecule has 0 radical (unpaired) electrons. The average molecular weight is 442 g/mol. The van der Waals surface area contributed by atoms with Crippen LogP contribution in [-0.2, 0) is 4.79 Å². The highest BCUT2D eigenvalue weighted by molar-refractivity contribution is 8.19. The molecule has 0 spiro atoms. The van der Waals surface area contributed by atoms with Crippen LogP contribution in [0.3, 0.4) is 0 Å². The van der Waals surface area contributed by atoms with E-state index in [1.165, 1.54) is 11.8 Å². The molecule has 8 heteroatoms. The van der Waals surface area contributed by atoms with Crippen molar-refractivity contribution in [3.63, 3.8) is 0 Å². The molecular weight excluding hydrogens is 418 g/mol. The minimum atomic E-state index is -0.0127. The summed E-state index contributed by atoms with van der Waals surface area (Å²) in [4.78, 5) is 23.5.